The molecule has 4 heteroatoms. The van der Waals surface area contributed by atoms with E-state index in [1.54, 1.807) is 0 Å². The van der Waals surface area contributed by atoms with Crippen molar-refractivity contribution in [2.75, 3.05) is 6.54 Å². The van der Waals surface area contributed by atoms with Gasteiger partial charge in [0, 0.05) is 25.4 Å². The number of likely N-dealkylation sites (tertiary alicyclic amines) is 1. The van der Waals surface area contributed by atoms with Crippen molar-refractivity contribution in [1.29, 1.82) is 0 Å². The molecule has 0 radical (unpaired) electrons. The Bertz CT molecular complexity index is 215. The Balaban J connectivity index is 2.69. The summed E-state index contributed by atoms with van der Waals surface area (Å²) in [5, 5.41) is 8.87. The van der Waals surface area contributed by atoms with Gasteiger partial charge in [0.05, 0.1) is 0 Å². The molecule has 0 aromatic heterocycles. The quantitative estimate of drug-likeness (QED) is 0.673. The SMILES string of the molecule is CCC1CC(=O)CCCN1C(=O)O. The van der Waals surface area contributed by atoms with Gasteiger partial charge in [0.15, 0.2) is 0 Å². The van der Waals surface area contributed by atoms with Crippen molar-refractivity contribution in [1.82, 2.24) is 4.90 Å². The van der Waals surface area contributed by atoms with Crippen LogP contribution in [0.5, 0.6) is 0 Å². The molecule has 1 heterocycles. The number of nitrogens with zero attached hydrogens (tertiary/aromatic N) is 1. The van der Waals surface area contributed by atoms with Gasteiger partial charge in [-0.2, -0.15) is 0 Å². The highest BCUT2D eigenvalue weighted by molar-refractivity contribution is 5.80. The third kappa shape index (κ3) is 2.44. The van der Waals surface area contributed by atoms with E-state index < -0.39 is 6.09 Å². The van der Waals surface area contributed by atoms with Crippen molar-refractivity contribution in [2.45, 2.75) is 38.6 Å². The Morgan fingerprint density at radius 1 is 1.69 bits per heavy atom. The van der Waals surface area contributed by atoms with Crippen LogP contribution < -0.4 is 0 Å². The number of ketones is 1. The van der Waals surface area contributed by atoms with Crippen LogP contribution in [0.4, 0.5) is 4.79 Å². The molecule has 1 N–H and O–H groups in total. The largest absolute Gasteiger partial charge is 0.465 e. The number of carbonyl (C=O) groups excluding carboxylic acids is 1. The topological polar surface area (TPSA) is 57.6 Å². The lowest BCUT2D eigenvalue weighted by Crippen LogP contribution is -2.39. The molecule has 4 nitrogen and oxygen atoms in total. The van der Waals surface area contributed by atoms with Gasteiger partial charge in [-0.05, 0) is 12.8 Å². The summed E-state index contributed by atoms with van der Waals surface area (Å²) in [6.07, 6.45) is 1.41. The number of Topliss-reactive ketones (excluding diaryl/α,β-unsaturated/α-hetero) is 1. The van der Waals surface area contributed by atoms with E-state index in [1.165, 1.54) is 4.90 Å². The van der Waals surface area contributed by atoms with Gasteiger partial charge < -0.3 is 10.0 Å². The molecule has 1 rings (SSSR count). The van der Waals surface area contributed by atoms with Gasteiger partial charge in [0.25, 0.3) is 0 Å². The molecule has 0 aromatic carbocycles. The first kappa shape index (κ1) is 10.0. The van der Waals surface area contributed by atoms with Crippen LogP contribution in [0.1, 0.15) is 32.6 Å². The van der Waals surface area contributed by atoms with Crippen LogP contribution >= 0.6 is 0 Å². The number of hydrogen-bond acceptors (Lipinski definition) is 2. The average molecular weight is 185 g/mol. The predicted octanol–water partition coefficient (Wildman–Crippen LogP) is 1.50. The number of carbonyl (C=O) groups is 2. The van der Waals surface area contributed by atoms with Crippen LogP contribution in [0.2, 0.25) is 0 Å². The number of hydrogen-bond donors (Lipinski definition) is 1. The molecule has 13 heavy (non-hydrogen) atoms. The molecule has 1 amide bonds. The molecule has 1 aliphatic rings. The minimum atomic E-state index is -0.901. The van der Waals surface area contributed by atoms with Crippen molar-refractivity contribution >= 4 is 11.9 Å². The fraction of sp³-hybridized carbons (Fsp3) is 0.778. The second-order valence-corrected chi connectivity index (χ2v) is 3.38. The standard InChI is InChI=1S/C9H15NO3/c1-2-7-6-8(11)4-3-5-10(7)9(12)13/h7H,2-6H2,1H3,(H,12,13). The van der Waals surface area contributed by atoms with E-state index in [1.807, 2.05) is 6.92 Å². The summed E-state index contributed by atoms with van der Waals surface area (Å²) >= 11 is 0. The van der Waals surface area contributed by atoms with E-state index in [4.69, 9.17) is 5.11 Å². The van der Waals surface area contributed by atoms with Crippen LogP contribution in [0.15, 0.2) is 0 Å². The van der Waals surface area contributed by atoms with E-state index in [0.717, 1.165) is 6.42 Å². The summed E-state index contributed by atoms with van der Waals surface area (Å²) in [6.45, 7) is 2.42. The van der Waals surface area contributed by atoms with Crippen LogP contribution in [0.3, 0.4) is 0 Å². The molecule has 74 valence electrons. The van der Waals surface area contributed by atoms with E-state index in [9.17, 15) is 9.59 Å². The van der Waals surface area contributed by atoms with E-state index in [0.29, 0.717) is 25.8 Å². The predicted molar refractivity (Wildman–Crippen MR) is 47.7 cm³/mol. The molecule has 0 aliphatic carbocycles. The fourth-order valence-electron chi connectivity index (χ4n) is 1.72. The van der Waals surface area contributed by atoms with Gasteiger partial charge in [-0.15, -0.1) is 0 Å². The lowest BCUT2D eigenvalue weighted by Gasteiger charge is -2.25. The zero-order valence-corrected chi connectivity index (χ0v) is 7.82. The molecule has 0 saturated carbocycles. The van der Waals surface area contributed by atoms with Crippen molar-refractivity contribution in [2.24, 2.45) is 0 Å². The van der Waals surface area contributed by atoms with Crippen LogP contribution in [-0.4, -0.2) is 34.5 Å². The second kappa shape index (κ2) is 4.25. The van der Waals surface area contributed by atoms with Crippen molar-refractivity contribution in [3.8, 4) is 0 Å². The van der Waals surface area contributed by atoms with Gasteiger partial charge in [-0.1, -0.05) is 6.92 Å². The Morgan fingerprint density at radius 2 is 2.38 bits per heavy atom. The first-order valence-electron chi connectivity index (χ1n) is 4.66. The minimum Gasteiger partial charge on any atom is -0.465 e. The van der Waals surface area contributed by atoms with Crippen molar-refractivity contribution < 1.29 is 14.7 Å². The van der Waals surface area contributed by atoms with E-state index in [-0.39, 0.29) is 11.8 Å². The Kier molecular flexibility index (Phi) is 3.28. The summed E-state index contributed by atoms with van der Waals surface area (Å²) in [7, 11) is 0. The molecule has 1 aliphatic heterocycles. The fourth-order valence-corrected chi connectivity index (χ4v) is 1.72. The molecule has 0 bridgehead atoms. The van der Waals surface area contributed by atoms with E-state index >= 15 is 0 Å². The lowest BCUT2D eigenvalue weighted by atomic mass is 10.1. The maximum atomic E-state index is 11.2. The summed E-state index contributed by atoms with van der Waals surface area (Å²) < 4.78 is 0. The zero-order valence-electron chi connectivity index (χ0n) is 7.82. The Labute approximate surface area is 77.5 Å². The minimum absolute atomic E-state index is 0.104. The maximum Gasteiger partial charge on any atom is 0.407 e. The molecule has 1 atom stereocenters. The Morgan fingerprint density at radius 3 is 2.92 bits per heavy atom. The average Bonchev–Trinajstić information content (AvgIpc) is 2.26. The summed E-state index contributed by atoms with van der Waals surface area (Å²) in [5.41, 5.74) is 0. The summed E-state index contributed by atoms with van der Waals surface area (Å²) in [4.78, 5) is 23.4. The summed E-state index contributed by atoms with van der Waals surface area (Å²) in [5.74, 6) is 0.190. The molecular formula is C9H15NO3. The van der Waals surface area contributed by atoms with Gasteiger partial charge in [0.1, 0.15) is 5.78 Å². The van der Waals surface area contributed by atoms with Crippen molar-refractivity contribution in [3.63, 3.8) is 0 Å². The molecule has 1 unspecified atom stereocenters. The molecule has 1 saturated heterocycles. The molecular weight excluding hydrogens is 170 g/mol. The normalized spacial score (nSPS) is 24.2. The highest BCUT2D eigenvalue weighted by Gasteiger charge is 2.26. The lowest BCUT2D eigenvalue weighted by molar-refractivity contribution is -0.119. The van der Waals surface area contributed by atoms with Gasteiger partial charge in [-0.3, -0.25) is 4.79 Å². The molecule has 1 fully saturated rings. The number of amides is 1. The highest BCUT2D eigenvalue weighted by Crippen LogP contribution is 2.16. The number of carboxylic acid groups (broad SMARTS) is 1. The number of rotatable bonds is 1. The van der Waals surface area contributed by atoms with E-state index in [2.05, 4.69) is 0 Å². The second-order valence-electron chi connectivity index (χ2n) is 3.38. The Hall–Kier alpha value is -1.06. The van der Waals surface area contributed by atoms with Crippen LogP contribution in [0.25, 0.3) is 0 Å². The van der Waals surface area contributed by atoms with Gasteiger partial charge in [0.2, 0.25) is 0 Å². The maximum absolute atomic E-state index is 11.2. The zero-order chi connectivity index (χ0) is 9.84. The monoisotopic (exact) mass is 185 g/mol. The highest BCUT2D eigenvalue weighted by atomic mass is 16.4. The summed E-state index contributed by atoms with van der Waals surface area (Å²) in [6, 6.07) is -0.104. The van der Waals surface area contributed by atoms with Crippen molar-refractivity contribution in [3.05, 3.63) is 0 Å². The third-order valence-corrected chi connectivity index (χ3v) is 2.48. The first-order valence-corrected chi connectivity index (χ1v) is 4.66. The van der Waals surface area contributed by atoms with Gasteiger partial charge in [-0.25, -0.2) is 4.79 Å². The van der Waals surface area contributed by atoms with Crippen LogP contribution in [-0.2, 0) is 4.79 Å². The third-order valence-electron chi connectivity index (χ3n) is 2.48. The van der Waals surface area contributed by atoms with Crippen LogP contribution in [0, 0.1) is 0 Å². The molecule has 0 spiro atoms. The molecule has 0 aromatic rings. The van der Waals surface area contributed by atoms with Gasteiger partial charge >= 0.3 is 6.09 Å². The first-order chi connectivity index (χ1) is 6.15. The smallest absolute Gasteiger partial charge is 0.407 e.